The summed E-state index contributed by atoms with van der Waals surface area (Å²) in [4.78, 5) is 18.8. The van der Waals surface area contributed by atoms with Crippen molar-refractivity contribution in [2.45, 2.75) is 64.8 Å². The first-order valence-electron chi connectivity index (χ1n) is 8.80. The number of hydrogen-bond donors (Lipinski definition) is 0. The van der Waals surface area contributed by atoms with Crippen molar-refractivity contribution in [2.75, 3.05) is 7.05 Å². The molecule has 0 saturated heterocycles. The number of rotatable bonds is 6. The molecule has 0 aliphatic heterocycles. The smallest absolute Gasteiger partial charge is 0.225 e. The van der Waals surface area contributed by atoms with Crippen LogP contribution in [0.25, 0.3) is 0 Å². The van der Waals surface area contributed by atoms with Crippen LogP contribution in [0.15, 0.2) is 24.5 Å². The van der Waals surface area contributed by atoms with Gasteiger partial charge in [-0.2, -0.15) is 0 Å². The number of aromatic nitrogens is 1. The van der Waals surface area contributed by atoms with Crippen LogP contribution in [0.5, 0.6) is 0 Å². The van der Waals surface area contributed by atoms with E-state index >= 15 is 0 Å². The summed E-state index contributed by atoms with van der Waals surface area (Å²) in [5.41, 5.74) is 1.11. The van der Waals surface area contributed by atoms with Crippen molar-refractivity contribution in [2.24, 2.45) is 11.8 Å². The Morgan fingerprint density at radius 2 is 2.09 bits per heavy atom. The second-order valence-corrected chi connectivity index (χ2v) is 6.77. The molecule has 1 unspecified atom stereocenters. The van der Waals surface area contributed by atoms with E-state index in [-0.39, 0.29) is 12.0 Å². The maximum Gasteiger partial charge on any atom is 0.225 e. The van der Waals surface area contributed by atoms with Crippen LogP contribution in [-0.4, -0.2) is 22.8 Å². The topological polar surface area (TPSA) is 33.2 Å². The highest BCUT2D eigenvalue weighted by atomic mass is 16.2. The van der Waals surface area contributed by atoms with E-state index in [1.165, 1.54) is 32.1 Å². The molecule has 1 heterocycles. The molecule has 3 nitrogen and oxygen atoms in total. The van der Waals surface area contributed by atoms with Gasteiger partial charge >= 0.3 is 0 Å². The normalized spacial score (nSPS) is 23.0. The van der Waals surface area contributed by atoms with E-state index in [1.54, 1.807) is 6.20 Å². The molecule has 1 fully saturated rings. The second kappa shape index (κ2) is 8.30. The molecular formula is C19H30N2O. The molecular weight excluding hydrogens is 272 g/mol. The molecule has 3 heteroatoms. The Balaban J connectivity index is 1.86. The summed E-state index contributed by atoms with van der Waals surface area (Å²) < 4.78 is 0. The third-order valence-electron chi connectivity index (χ3n) is 5.26. The van der Waals surface area contributed by atoms with Gasteiger partial charge in [-0.25, -0.2) is 0 Å². The van der Waals surface area contributed by atoms with Gasteiger partial charge in [0, 0.05) is 25.4 Å². The lowest BCUT2D eigenvalue weighted by Gasteiger charge is -2.33. The highest BCUT2D eigenvalue weighted by molar-refractivity contribution is 5.79. The van der Waals surface area contributed by atoms with Gasteiger partial charge in [-0.3, -0.25) is 9.78 Å². The molecule has 1 aliphatic rings. The summed E-state index contributed by atoms with van der Waals surface area (Å²) in [5, 5.41) is 0. The molecule has 1 aromatic rings. The third-order valence-corrected chi connectivity index (χ3v) is 5.26. The lowest BCUT2D eigenvalue weighted by Crippen LogP contribution is -2.36. The van der Waals surface area contributed by atoms with Crippen LogP contribution in [0.2, 0.25) is 0 Å². The van der Waals surface area contributed by atoms with E-state index in [9.17, 15) is 4.79 Å². The zero-order valence-electron chi connectivity index (χ0n) is 14.3. The molecule has 22 heavy (non-hydrogen) atoms. The molecule has 1 aromatic heterocycles. The molecule has 0 bridgehead atoms. The Morgan fingerprint density at radius 1 is 1.36 bits per heavy atom. The van der Waals surface area contributed by atoms with E-state index in [2.05, 4.69) is 18.8 Å². The quantitative estimate of drug-likeness (QED) is 0.769. The van der Waals surface area contributed by atoms with Crippen LogP contribution in [0, 0.1) is 11.8 Å². The number of unbranched alkanes of at least 4 members (excludes halogenated alkanes) is 1. The van der Waals surface area contributed by atoms with E-state index in [0.717, 1.165) is 24.3 Å². The molecule has 1 aliphatic carbocycles. The van der Waals surface area contributed by atoms with Gasteiger partial charge in [-0.1, -0.05) is 32.3 Å². The molecule has 2 rings (SSSR count). The molecule has 0 spiro atoms. The van der Waals surface area contributed by atoms with Gasteiger partial charge in [-0.05, 0) is 50.2 Å². The number of carbonyl (C=O) groups is 1. The summed E-state index contributed by atoms with van der Waals surface area (Å²) in [6.07, 6.45) is 12.2. The first-order valence-corrected chi connectivity index (χ1v) is 8.80. The zero-order valence-corrected chi connectivity index (χ0v) is 14.3. The fraction of sp³-hybridized carbons (Fsp3) is 0.684. The molecule has 0 N–H and O–H groups in total. The van der Waals surface area contributed by atoms with Gasteiger partial charge in [-0.15, -0.1) is 0 Å². The molecule has 1 amide bonds. The largest absolute Gasteiger partial charge is 0.339 e. The Morgan fingerprint density at radius 3 is 2.68 bits per heavy atom. The Hall–Kier alpha value is -1.38. The summed E-state index contributed by atoms with van der Waals surface area (Å²) >= 11 is 0. The van der Waals surface area contributed by atoms with E-state index in [1.807, 2.05) is 30.3 Å². The highest BCUT2D eigenvalue weighted by Crippen LogP contribution is 2.34. The van der Waals surface area contributed by atoms with Crippen LogP contribution in [0.4, 0.5) is 0 Å². The van der Waals surface area contributed by atoms with Crippen LogP contribution in [0.1, 0.15) is 70.4 Å². The predicted molar refractivity (Wildman–Crippen MR) is 90.4 cm³/mol. The molecule has 1 atom stereocenters. The molecule has 1 saturated carbocycles. The number of pyridine rings is 1. The van der Waals surface area contributed by atoms with Crippen LogP contribution < -0.4 is 0 Å². The van der Waals surface area contributed by atoms with Gasteiger partial charge in [0.15, 0.2) is 0 Å². The minimum atomic E-state index is 0.0963. The van der Waals surface area contributed by atoms with E-state index in [0.29, 0.717) is 5.91 Å². The summed E-state index contributed by atoms with van der Waals surface area (Å²) in [6.45, 7) is 4.34. The minimum Gasteiger partial charge on any atom is -0.339 e. The SMILES string of the molecule is CCCCC1CCC(C(=O)N(C)C(C)c2cccnc2)CC1. The maximum atomic E-state index is 12.7. The first-order chi connectivity index (χ1) is 10.6. The van der Waals surface area contributed by atoms with Crippen molar-refractivity contribution in [3.05, 3.63) is 30.1 Å². The van der Waals surface area contributed by atoms with Gasteiger partial charge in [0.05, 0.1) is 6.04 Å². The fourth-order valence-electron chi connectivity index (χ4n) is 3.52. The molecule has 0 radical (unpaired) electrons. The number of nitrogens with zero attached hydrogens (tertiary/aromatic N) is 2. The van der Waals surface area contributed by atoms with Crippen molar-refractivity contribution in [1.29, 1.82) is 0 Å². The van der Waals surface area contributed by atoms with Crippen molar-refractivity contribution in [3.63, 3.8) is 0 Å². The summed E-state index contributed by atoms with van der Waals surface area (Å²) in [5.74, 6) is 1.39. The fourth-order valence-corrected chi connectivity index (χ4v) is 3.52. The number of hydrogen-bond acceptors (Lipinski definition) is 2. The van der Waals surface area contributed by atoms with Crippen LogP contribution in [0.3, 0.4) is 0 Å². The molecule has 0 aromatic carbocycles. The summed E-state index contributed by atoms with van der Waals surface area (Å²) in [7, 11) is 1.93. The van der Waals surface area contributed by atoms with Crippen LogP contribution in [-0.2, 0) is 4.79 Å². The second-order valence-electron chi connectivity index (χ2n) is 6.77. The zero-order chi connectivity index (χ0) is 15.9. The van der Waals surface area contributed by atoms with Gasteiger partial charge < -0.3 is 4.90 Å². The van der Waals surface area contributed by atoms with E-state index in [4.69, 9.17) is 0 Å². The third kappa shape index (κ3) is 4.31. The van der Waals surface area contributed by atoms with Gasteiger partial charge in [0.1, 0.15) is 0 Å². The first kappa shape index (κ1) is 17.0. The Labute approximate surface area is 135 Å². The Bertz CT molecular complexity index is 452. The van der Waals surface area contributed by atoms with E-state index < -0.39 is 0 Å². The maximum absolute atomic E-state index is 12.7. The van der Waals surface area contributed by atoms with Crippen molar-refractivity contribution in [3.8, 4) is 0 Å². The number of amides is 1. The van der Waals surface area contributed by atoms with Crippen molar-refractivity contribution >= 4 is 5.91 Å². The monoisotopic (exact) mass is 302 g/mol. The Kier molecular flexibility index (Phi) is 6.41. The average Bonchev–Trinajstić information content (AvgIpc) is 2.59. The molecule has 122 valence electrons. The highest BCUT2D eigenvalue weighted by Gasteiger charge is 2.29. The van der Waals surface area contributed by atoms with Crippen LogP contribution >= 0.6 is 0 Å². The number of carbonyl (C=O) groups excluding carboxylic acids is 1. The standard InChI is InChI=1S/C19H30N2O/c1-4-5-7-16-9-11-17(12-10-16)19(22)21(3)15(2)18-8-6-13-20-14-18/h6,8,13-17H,4-5,7,9-12H2,1-3H3. The van der Waals surface area contributed by atoms with Gasteiger partial charge in [0.2, 0.25) is 5.91 Å². The van der Waals surface area contributed by atoms with Gasteiger partial charge in [0.25, 0.3) is 0 Å². The lowest BCUT2D eigenvalue weighted by molar-refractivity contribution is -0.137. The minimum absolute atomic E-state index is 0.0963. The van der Waals surface area contributed by atoms with Crippen molar-refractivity contribution in [1.82, 2.24) is 9.88 Å². The summed E-state index contributed by atoms with van der Waals surface area (Å²) in [6, 6.07) is 4.07. The predicted octanol–water partition coefficient (Wildman–Crippen LogP) is 4.60. The van der Waals surface area contributed by atoms with Crippen molar-refractivity contribution < 1.29 is 4.79 Å². The average molecular weight is 302 g/mol. The lowest BCUT2D eigenvalue weighted by atomic mass is 9.79.